The number of aromatic nitrogens is 2. The molecule has 10 heteroatoms. The topological polar surface area (TPSA) is 90.4 Å². The molecule has 164 valence electrons. The lowest BCUT2D eigenvalue weighted by Crippen LogP contribution is -2.40. The van der Waals surface area contributed by atoms with Crippen molar-refractivity contribution in [2.75, 3.05) is 30.4 Å². The molecule has 0 bridgehead atoms. The van der Waals surface area contributed by atoms with Crippen molar-refractivity contribution in [3.05, 3.63) is 47.7 Å². The third-order valence-electron chi connectivity index (χ3n) is 5.02. The molecule has 2 aromatic rings. The van der Waals surface area contributed by atoms with E-state index in [1.807, 2.05) is 7.05 Å². The Bertz CT molecular complexity index is 850. The second-order valence-corrected chi connectivity index (χ2v) is 7.18. The highest BCUT2D eigenvalue weighted by Crippen LogP contribution is 2.22. The van der Waals surface area contributed by atoms with E-state index in [0.29, 0.717) is 18.3 Å². The van der Waals surface area contributed by atoms with Crippen molar-refractivity contribution in [3.8, 4) is 0 Å². The summed E-state index contributed by atoms with van der Waals surface area (Å²) >= 11 is 0. The minimum absolute atomic E-state index is 0. The van der Waals surface area contributed by atoms with Gasteiger partial charge in [-0.3, -0.25) is 4.79 Å². The van der Waals surface area contributed by atoms with E-state index in [2.05, 4.69) is 20.6 Å². The van der Waals surface area contributed by atoms with Crippen LogP contribution in [-0.2, 0) is 0 Å². The lowest BCUT2D eigenvalue weighted by molar-refractivity contribution is 0.0926. The largest absolute Gasteiger partial charge is 0.395 e. The molecule has 1 fully saturated rings. The van der Waals surface area contributed by atoms with Crippen molar-refractivity contribution >= 4 is 30.1 Å². The molecule has 0 spiro atoms. The molecule has 0 unspecified atom stereocenters. The maximum Gasteiger partial charge on any atom is 0.251 e. The van der Waals surface area contributed by atoms with Crippen molar-refractivity contribution in [1.82, 2.24) is 15.3 Å². The molecule has 1 aliphatic carbocycles. The fourth-order valence-electron chi connectivity index (χ4n) is 3.36. The summed E-state index contributed by atoms with van der Waals surface area (Å²) in [4.78, 5) is 22.7. The van der Waals surface area contributed by atoms with Crippen molar-refractivity contribution < 1.29 is 18.7 Å². The van der Waals surface area contributed by atoms with Gasteiger partial charge in [0.1, 0.15) is 5.82 Å². The van der Waals surface area contributed by atoms with E-state index in [1.54, 1.807) is 17.2 Å². The molecule has 1 aromatic heterocycles. The standard InChI is InChI=1S/C20H25F2N5O2.ClH/c1-27(10-11-28)20-23-9-8-18(26-20)24-14-3-5-15(6-4-14)25-19(29)13-2-7-16(21)17(22)12-13;/h2,7-9,12,14-15,28H,3-6,10-11H2,1H3,(H,25,29)(H,23,24,26);1H. The first kappa shape index (κ1) is 23.8. The summed E-state index contributed by atoms with van der Waals surface area (Å²) in [5, 5.41) is 15.3. The SMILES string of the molecule is CN(CCO)c1nccc(NC2CCC(NC(=O)c3ccc(F)c(F)c3)CC2)n1.Cl. The molecule has 1 aromatic carbocycles. The summed E-state index contributed by atoms with van der Waals surface area (Å²) < 4.78 is 26.3. The van der Waals surface area contributed by atoms with Crippen molar-refractivity contribution in [2.24, 2.45) is 0 Å². The van der Waals surface area contributed by atoms with E-state index in [1.165, 1.54) is 6.07 Å². The molecule has 1 aliphatic rings. The van der Waals surface area contributed by atoms with Crippen LogP contribution < -0.4 is 15.5 Å². The van der Waals surface area contributed by atoms with Gasteiger partial charge in [0.05, 0.1) is 6.61 Å². The smallest absolute Gasteiger partial charge is 0.251 e. The summed E-state index contributed by atoms with van der Waals surface area (Å²) in [5.41, 5.74) is 0.115. The lowest BCUT2D eigenvalue weighted by Gasteiger charge is -2.30. The second kappa shape index (κ2) is 11.0. The van der Waals surface area contributed by atoms with E-state index in [4.69, 9.17) is 5.11 Å². The number of halogens is 3. The molecule has 0 radical (unpaired) electrons. The molecule has 1 saturated carbocycles. The van der Waals surface area contributed by atoms with Crippen LogP contribution in [0.1, 0.15) is 36.0 Å². The molecule has 1 amide bonds. The Labute approximate surface area is 180 Å². The van der Waals surface area contributed by atoms with Crippen LogP contribution in [0.4, 0.5) is 20.5 Å². The summed E-state index contributed by atoms with van der Waals surface area (Å²) in [6, 6.07) is 5.16. The molecule has 3 N–H and O–H groups in total. The van der Waals surface area contributed by atoms with Gasteiger partial charge in [-0.15, -0.1) is 12.4 Å². The van der Waals surface area contributed by atoms with Crippen LogP contribution in [0.5, 0.6) is 0 Å². The number of amides is 1. The molecule has 30 heavy (non-hydrogen) atoms. The van der Waals surface area contributed by atoms with E-state index in [0.717, 1.165) is 37.8 Å². The number of hydrogen-bond donors (Lipinski definition) is 3. The number of aliphatic hydroxyl groups excluding tert-OH is 1. The number of likely N-dealkylation sites (N-methyl/N-ethyl adjacent to an activating group) is 1. The zero-order valence-corrected chi connectivity index (χ0v) is 17.5. The Morgan fingerprint density at radius 1 is 1.17 bits per heavy atom. The first-order valence-electron chi connectivity index (χ1n) is 9.63. The van der Waals surface area contributed by atoms with Gasteiger partial charge >= 0.3 is 0 Å². The number of rotatable bonds is 7. The predicted octanol–water partition coefficient (Wildman–Crippen LogP) is 2.76. The minimum Gasteiger partial charge on any atom is -0.395 e. The van der Waals surface area contributed by atoms with Gasteiger partial charge in [0.15, 0.2) is 11.6 Å². The molecule has 7 nitrogen and oxygen atoms in total. The zero-order chi connectivity index (χ0) is 20.8. The van der Waals surface area contributed by atoms with Crippen molar-refractivity contribution in [3.63, 3.8) is 0 Å². The summed E-state index contributed by atoms with van der Waals surface area (Å²) in [6.45, 7) is 0.476. The molecular formula is C20H26ClF2N5O2. The summed E-state index contributed by atoms with van der Waals surface area (Å²) in [7, 11) is 1.82. The summed E-state index contributed by atoms with van der Waals surface area (Å²) in [6.07, 6.45) is 4.90. The number of carbonyl (C=O) groups excluding carboxylic acids is 1. The quantitative estimate of drug-likeness (QED) is 0.612. The fourth-order valence-corrected chi connectivity index (χ4v) is 3.36. The number of carbonyl (C=O) groups is 1. The van der Waals surface area contributed by atoms with Crippen molar-refractivity contribution in [1.29, 1.82) is 0 Å². The Kier molecular flexibility index (Phi) is 8.73. The molecule has 0 atom stereocenters. The highest BCUT2D eigenvalue weighted by molar-refractivity contribution is 5.94. The van der Waals surface area contributed by atoms with E-state index < -0.39 is 17.5 Å². The first-order chi connectivity index (χ1) is 14.0. The van der Waals surface area contributed by atoms with Crippen LogP contribution in [0.15, 0.2) is 30.5 Å². The molecule has 1 heterocycles. The maximum atomic E-state index is 13.3. The number of nitrogens with one attached hydrogen (secondary N) is 2. The predicted molar refractivity (Wildman–Crippen MR) is 113 cm³/mol. The van der Waals surface area contributed by atoms with Gasteiger partial charge in [0, 0.05) is 37.4 Å². The van der Waals surface area contributed by atoms with Gasteiger partial charge in [-0.2, -0.15) is 4.98 Å². The highest BCUT2D eigenvalue weighted by Gasteiger charge is 2.23. The van der Waals surface area contributed by atoms with Crippen LogP contribution in [0.25, 0.3) is 0 Å². The normalized spacial score (nSPS) is 18.3. The van der Waals surface area contributed by atoms with Gasteiger partial charge in [-0.25, -0.2) is 13.8 Å². The third kappa shape index (κ3) is 6.24. The number of nitrogens with zero attached hydrogens (tertiary/aromatic N) is 3. The van der Waals surface area contributed by atoms with E-state index in [-0.39, 0.29) is 36.7 Å². The average molecular weight is 442 g/mol. The van der Waals surface area contributed by atoms with Gasteiger partial charge < -0.3 is 20.6 Å². The molecule has 0 saturated heterocycles. The Morgan fingerprint density at radius 3 is 2.53 bits per heavy atom. The third-order valence-corrected chi connectivity index (χ3v) is 5.02. The summed E-state index contributed by atoms with van der Waals surface area (Å²) in [5.74, 6) is -1.14. The van der Waals surface area contributed by atoms with Crippen LogP contribution >= 0.6 is 12.4 Å². The Balaban J connectivity index is 0.00000320. The van der Waals surface area contributed by atoms with Crippen LogP contribution in [0.2, 0.25) is 0 Å². The van der Waals surface area contributed by atoms with E-state index >= 15 is 0 Å². The fraction of sp³-hybridized carbons (Fsp3) is 0.450. The Morgan fingerprint density at radius 2 is 1.87 bits per heavy atom. The van der Waals surface area contributed by atoms with Crippen molar-refractivity contribution in [2.45, 2.75) is 37.8 Å². The number of hydrogen-bond acceptors (Lipinski definition) is 6. The van der Waals surface area contributed by atoms with Gasteiger partial charge in [0.25, 0.3) is 5.91 Å². The molecule has 3 rings (SSSR count). The number of aliphatic hydroxyl groups is 1. The molecular weight excluding hydrogens is 416 g/mol. The highest BCUT2D eigenvalue weighted by atomic mass is 35.5. The van der Waals surface area contributed by atoms with Gasteiger partial charge in [-0.05, 0) is 49.9 Å². The average Bonchev–Trinajstić information content (AvgIpc) is 2.72. The second-order valence-electron chi connectivity index (χ2n) is 7.18. The van der Waals surface area contributed by atoms with Gasteiger partial charge in [0.2, 0.25) is 5.95 Å². The zero-order valence-electron chi connectivity index (χ0n) is 16.6. The lowest BCUT2D eigenvalue weighted by atomic mass is 9.91. The van der Waals surface area contributed by atoms with E-state index in [9.17, 15) is 13.6 Å². The maximum absolute atomic E-state index is 13.3. The van der Waals surface area contributed by atoms with Crippen LogP contribution in [0.3, 0.4) is 0 Å². The number of anilines is 2. The molecule has 0 aliphatic heterocycles. The monoisotopic (exact) mass is 441 g/mol. The first-order valence-corrected chi connectivity index (χ1v) is 9.63. The van der Waals surface area contributed by atoms with Gasteiger partial charge in [-0.1, -0.05) is 0 Å². The van der Waals surface area contributed by atoms with Crippen LogP contribution in [-0.4, -0.2) is 53.3 Å². The minimum atomic E-state index is -1.03. The Hall–Kier alpha value is -2.52. The van der Waals surface area contributed by atoms with Crippen LogP contribution in [0, 0.1) is 11.6 Å². The number of benzene rings is 1.